The van der Waals surface area contributed by atoms with Crippen LogP contribution in [0, 0.1) is 17.5 Å². The minimum absolute atomic E-state index is 0.205. The summed E-state index contributed by atoms with van der Waals surface area (Å²) in [5.74, 6) is -6.80. The summed E-state index contributed by atoms with van der Waals surface area (Å²) in [5.41, 5.74) is -1.89. The number of rotatable bonds is 4. The molecule has 0 atom stereocenters. The summed E-state index contributed by atoms with van der Waals surface area (Å²) < 4.78 is 78.3. The first-order valence-electron chi connectivity index (χ1n) is 7.39. The molecular formula is C17H12F6N2O2. The Labute approximate surface area is 149 Å². The highest BCUT2D eigenvalue weighted by Gasteiger charge is 2.30. The molecule has 2 aromatic rings. The molecule has 0 spiro atoms. The van der Waals surface area contributed by atoms with Crippen molar-refractivity contribution in [3.05, 3.63) is 59.4 Å². The van der Waals surface area contributed by atoms with Crippen LogP contribution in [0.15, 0.2) is 36.4 Å². The molecule has 0 saturated heterocycles. The van der Waals surface area contributed by atoms with Crippen LogP contribution >= 0.6 is 0 Å². The maximum atomic E-state index is 13.9. The number of benzene rings is 2. The number of nitrogens with zero attached hydrogens (tertiary/aromatic N) is 1. The van der Waals surface area contributed by atoms with Crippen molar-refractivity contribution in [1.29, 1.82) is 0 Å². The molecule has 2 aromatic carbocycles. The van der Waals surface area contributed by atoms with E-state index in [0.717, 1.165) is 25.1 Å². The van der Waals surface area contributed by atoms with Gasteiger partial charge in [-0.2, -0.15) is 13.2 Å². The molecule has 0 aliphatic rings. The number of amides is 2. The third-order valence-electron chi connectivity index (χ3n) is 3.46. The monoisotopic (exact) mass is 390 g/mol. The summed E-state index contributed by atoms with van der Waals surface area (Å²) in [5, 5.41) is 2.13. The molecule has 4 nitrogen and oxygen atoms in total. The standard InChI is InChI=1S/C17H12F6N2O2/c1-9(26)25(13-6-5-12(18)15(19)16(13)20)8-14(27)24-11-4-2-3-10(7-11)17(21,22)23/h2-7H,8H2,1H3,(H,24,27). The van der Waals surface area contributed by atoms with Crippen molar-refractivity contribution in [2.75, 3.05) is 16.8 Å². The Morgan fingerprint density at radius 2 is 1.70 bits per heavy atom. The molecule has 0 bridgehead atoms. The van der Waals surface area contributed by atoms with Crippen LogP contribution in [0.5, 0.6) is 0 Å². The summed E-state index contributed by atoms with van der Waals surface area (Å²) >= 11 is 0. The van der Waals surface area contributed by atoms with E-state index in [2.05, 4.69) is 5.32 Å². The van der Waals surface area contributed by atoms with Crippen molar-refractivity contribution in [2.24, 2.45) is 0 Å². The van der Waals surface area contributed by atoms with Crippen molar-refractivity contribution in [1.82, 2.24) is 0 Å². The molecule has 0 unspecified atom stereocenters. The normalized spacial score (nSPS) is 11.2. The van der Waals surface area contributed by atoms with Gasteiger partial charge in [0.25, 0.3) is 0 Å². The van der Waals surface area contributed by atoms with Gasteiger partial charge in [0.2, 0.25) is 11.8 Å². The quantitative estimate of drug-likeness (QED) is 0.631. The van der Waals surface area contributed by atoms with E-state index >= 15 is 0 Å². The third-order valence-corrected chi connectivity index (χ3v) is 3.46. The lowest BCUT2D eigenvalue weighted by Gasteiger charge is -2.21. The number of hydrogen-bond acceptors (Lipinski definition) is 2. The maximum Gasteiger partial charge on any atom is 0.416 e. The van der Waals surface area contributed by atoms with Crippen LogP contribution in [0.1, 0.15) is 12.5 Å². The Balaban J connectivity index is 2.22. The second-order valence-corrected chi connectivity index (χ2v) is 5.43. The van der Waals surface area contributed by atoms with Gasteiger partial charge in [0.1, 0.15) is 6.54 Å². The van der Waals surface area contributed by atoms with E-state index in [9.17, 15) is 35.9 Å². The van der Waals surface area contributed by atoms with E-state index in [1.165, 1.54) is 6.07 Å². The van der Waals surface area contributed by atoms with Crippen LogP contribution in [0.4, 0.5) is 37.7 Å². The highest BCUT2D eigenvalue weighted by molar-refractivity contribution is 6.01. The Morgan fingerprint density at radius 1 is 1.04 bits per heavy atom. The van der Waals surface area contributed by atoms with Gasteiger partial charge in [-0.3, -0.25) is 9.59 Å². The molecule has 0 aliphatic heterocycles. The third kappa shape index (κ3) is 4.78. The average Bonchev–Trinajstić information content (AvgIpc) is 2.57. The van der Waals surface area contributed by atoms with Crippen LogP contribution in [0.25, 0.3) is 0 Å². The fraction of sp³-hybridized carbons (Fsp3) is 0.176. The van der Waals surface area contributed by atoms with Gasteiger partial charge in [0.05, 0.1) is 11.3 Å². The van der Waals surface area contributed by atoms with Gasteiger partial charge in [-0.15, -0.1) is 0 Å². The fourth-order valence-electron chi connectivity index (χ4n) is 2.21. The highest BCUT2D eigenvalue weighted by atomic mass is 19.4. The van der Waals surface area contributed by atoms with Gasteiger partial charge < -0.3 is 10.2 Å². The minimum atomic E-state index is -4.62. The van der Waals surface area contributed by atoms with Crippen LogP contribution in [-0.4, -0.2) is 18.4 Å². The Bertz CT molecular complexity index is 882. The van der Waals surface area contributed by atoms with Gasteiger partial charge in [-0.25, -0.2) is 13.2 Å². The molecule has 0 heterocycles. The molecule has 0 radical (unpaired) electrons. The molecule has 144 valence electrons. The van der Waals surface area contributed by atoms with E-state index in [1.54, 1.807) is 0 Å². The lowest BCUT2D eigenvalue weighted by molar-refractivity contribution is -0.137. The van der Waals surface area contributed by atoms with Crippen LogP contribution in [0.3, 0.4) is 0 Å². The van der Waals surface area contributed by atoms with E-state index < -0.39 is 53.2 Å². The maximum absolute atomic E-state index is 13.9. The smallest absolute Gasteiger partial charge is 0.325 e. The number of carbonyl (C=O) groups excluding carboxylic acids is 2. The summed E-state index contributed by atoms with van der Waals surface area (Å²) in [6.45, 7) is 0.131. The number of halogens is 6. The SMILES string of the molecule is CC(=O)N(CC(=O)Nc1cccc(C(F)(F)F)c1)c1ccc(F)c(F)c1F. The minimum Gasteiger partial charge on any atom is -0.325 e. The van der Waals surface area contributed by atoms with E-state index in [1.807, 2.05) is 0 Å². The predicted molar refractivity (Wildman–Crippen MR) is 84.4 cm³/mol. The van der Waals surface area contributed by atoms with Crippen molar-refractivity contribution in [2.45, 2.75) is 13.1 Å². The first kappa shape index (κ1) is 20.3. The Morgan fingerprint density at radius 3 is 2.30 bits per heavy atom. The summed E-state index contributed by atoms with van der Waals surface area (Å²) in [6, 6.07) is 5.07. The number of hydrogen-bond donors (Lipinski definition) is 1. The molecule has 10 heteroatoms. The lowest BCUT2D eigenvalue weighted by Crippen LogP contribution is -2.37. The first-order chi connectivity index (χ1) is 12.5. The van der Waals surface area contributed by atoms with E-state index in [-0.39, 0.29) is 5.69 Å². The molecule has 2 rings (SSSR count). The van der Waals surface area contributed by atoms with Crippen LogP contribution in [-0.2, 0) is 15.8 Å². The van der Waals surface area contributed by atoms with E-state index in [4.69, 9.17) is 0 Å². The topological polar surface area (TPSA) is 49.4 Å². The van der Waals surface area contributed by atoms with Crippen LogP contribution < -0.4 is 10.2 Å². The number of nitrogens with one attached hydrogen (secondary N) is 1. The summed E-state index contributed by atoms with van der Waals surface area (Å²) in [4.78, 5) is 24.3. The number of alkyl halides is 3. The second-order valence-electron chi connectivity index (χ2n) is 5.43. The second kappa shape index (κ2) is 7.68. The zero-order valence-corrected chi connectivity index (χ0v) is 13.7. The molecule has 0 fully saturated rings. The van der Waals surface area contributed by atoms with E-state index in [0.29, 0.717) is 17.0 Å². The van der Waals surface area contributed by atoms with Gasteiger partial charge >= 0.3 is 6.18 Å². The fourth-order valence-corrected chi connectivity index (χ4v) is 2.21. The van der Waals surface area contributed by atoms with Gasteiger partial charge in [-0.05, 0) is 30.3 Å². The van der Waals surface area contributed by atoms with Crippen LogP contribution in [0.2, 0.25) is 0 Å². The van der Waals surface area contributed by atoms with Gasteiger partial charge in [-0.1, -0.05) is 6.07 Å². The Kier molecular flexibility index (Phi) is 5.77. The molecule has 1 N–H and O–H groups in total. The lowest BCUT2D eigenvalue weighted by atomic mass is 10.2. The largest absolute Gasteiger partial charge is 0.416 e. The molecule has 2 amide bonds. The van der Waals surface area contributed by atoms with Crippen molar-refractivity contribution in [3.63, 3.8) is 0 Å². The summed E-state index contributed by atoms with van der Waals surface area (Å²) in [7, 11) is 0. The predicted octanol–water partition coefficient (Wildman–Crippen LogP) is 4.11. The van der Waals surface area contributed by atoms with Gasteiger partial charge in [0, 0.05) is 12.6 Å². The average molecular weight is 390 g/mol. The first-order valence-corrected chi connectivity index (χ1v) is 7.39. The molecule has 0 aromatic heterocycles. The molecular weight excluding hydrogens is 378 g/mol. The number of carbonyl (C=O) groups is 2. The Hall–Kier alpha value is -3.04. The zero-order valence-electron chi connectivity index (χ0n) is 13.7. The summed E-state index contributed by atoms with van der Waals surface area (Å²) in [6.07, 6.45) is -4.62. The molecule has 0 aliphatic carbocycles. The van der Waals surface area contributed by atoms with Crippen molar-refractivity contribution in [3.8, 4) is 0 Å². The van der Waals surface area contributed by atoms with Crippen molar-refractivity contribution < 1.29 is 35.9 Å². The zero-order chi connectivity index (χ0) is 20.4. The molecule has 27 heavy (non-hydrogen) atoms. The molecule has 0 saturated carbocycles. The van der Waals surface area contributed by atoms with Gasteiger partial charge in [0.15, 0.2) is 17.5 Å². The highest BCUT2D eigenvalue weighted by Crippen LogP contribution is 2.30. The number of anilines is 2. The van der Waals surface area contributed by atoms with Crippen molar-refractivity contribution >= 4 is 23.2 Å².